The van der Waals surface area contributed by atoms with Crippen LogP contribution in [0.4, 0.5) is 0 Å². The van der Waals surface area contributed by atoms with Crippen LogP contribution in [0.3, 0.4) is 0 Å². The molecule has 1 unspecified atom stereocenters. The van der Waals surface area contributed by atoms with E-state index in [0.717, 1.165) is 62.3 Å². The zero-order chi connectivity index (χ0) is 21.1. The number of rotatable bonds is 12. The summed E-state index contributed by atoms with van der Waals surface area (Å²) in [6, 6.07) is 19.0. The van der Waals surface area contributed by atoms with Gasteiger partial charge in [0.1, 0.15) is 0 Å². The summed E-state index contributed by atoms with van der Waals surface area (Å²) in [7, 11) is 5.47. The zero-order valence-electron chi connectivity index (χ0n) is 18.3. The third-order valence-electron chi connectivity index (χ3n) is 5.59. The van der Waals surface area contributed by atoms with Crippen LogP contribution in [-0.4, -0.2) is 39.3 Å². The molecule has 1 atom stereocenters. The van der Waals surface area contributed by atoms with Gasteiger partial charge >= 0.3 is 0 Å². The average Bonchev–Trinajstić information content (AvgIpc) is 2.77. The summed E-state index contributed by atoms with van der Waals surface area (Å²) in [5, 5.41) is 9.98. The maximum atomic E-state index is 9.98. The summed E-state index contributed by atoms with van der Waals surface area (Å²) in [4.78, 5) is 2.34. The van der Waals surface area contributed by atoms with E-state index in [4.69, 9.17) is 9.47 Å². The summed E-state index contributed by atoms with van der Waals surface area (Å²) in [5.41, 5.74) is 2.01. The quantitative estimate of drug-likeness (QED) is 0.495. The van der Waals surface area contributed by atoms with Gasteiger partial charge in [-0.3, -0.25) is 0 Å². The molecule has 0 saturated heterocycles. The summed E-state index contributed by atoms with van der Waals surface area (Å²) >= 11 is 0. The molecule has 0 fully saturated rings. The van der Waals surface area contributed by atoms with E-state index in [9.17, 15) is 5.26 Å². The first-order chi connectivity index (χ1) is 14.1. The van der Waals surface area contributed by atoms with Crippen molar-refractivity contribution in [1.29, 1.82) is 5.26 Å². The summed E-state index contributed by atoms with van der Waals surface area (Å²) in [5.74, 6) is 1.53. The molecule has 0 aliphatic carbocycles. The Hall–Kier alpha value is -2.51. The molecule has 0 heterocycles. The van der Waals surface area contributed by atoms with Crippen LogP contribution in [0.5, 0.6) is 11.5 Å². The van der Waals surface area contributed by atoms with Crippen LogP contribution >= 0.6 is 0 Å². The van der Waals surface area contributed by atoms with E-state index < -0.39 is 0 Å². The number of hydrogen-bond acceptors (Lipinski definition) is 4. The molecule has 0 amide bonds. The molecule has 0 radical (unpaired) electrons. The third-order valence-corrected chi connectivity index (χ3v) is 5.59. The molecule has 0 saturated carbocycles. The van der Waals surface area contributed by atoms with Crippen molar-refractivity contribution in [2.24, 2.45) is 0 Å². The van der Waals surface area contributed by atoms with E-state index in [2.05, 4.69) is 43.1 Å². The Morgan fingerprint density at radius 2 is 1.69 bits per heavy atom. The fraction of sp³-hybridized carbons (Fsp3) is 0.480. The van der Waals surface area contributed by atoms with Crippen LogP contribution in [0.2, 0.25) is 0 Å². The van der Waals surface area contributed by atoms with E-state index in [1.54, 1.807) is 14.2 Å². The second-order valence-electron chi connectivity index (χ2n) is 7.66. The van der Waals surface area contributed by atoms with E-state index in [-0.39, 0.29) is 5.41 Å². The smallest absolute Gasteiger partial charge is 0.160 e. The fourth-order valence-corrected chi connectivity index (χ4v) is 3.89. The highest BCUT2D eigenvalue weighted by atomic mass is 16.5. The Balaban J connectivity index is 1.89. The number of nitrogens with zero attached hydrogens (tertiary/aromatic N) is 2. The van der Waals surface area contributed by atoms with Crippen LogP contribution in [0.25, 0.3) is 0 Å². The Kier molecular flexibility index (Phi) is 9.02. The van der Waals surface area contributed by atoms with Crippen molar-refractivity contribution in [3.63, 3.8) is 0 Å². The molecule has 29 heavy (non-hydrogen) atoms. The monoisotopic (exact) mass is 394 g/mol. The molecule has 2 rings (SSSR count). The van der Waals surface area contributed by atoms with Crippen LogP contribution < -0.4 is 9.47 Å². The lowest BCUT2D eigenvalue weighted by Crippen LogP contribution is -2.28. The van der Waals surface area contributed by atoms with Crippen molar-refractivity contribution in [2.45, 2.75) is 44.4 Å². The molecule has 0 aliphatic rings. The lowest BCUT2D eigenvalue weighted by Gasteiger charge is -2.28. The molecule has 4 heteroatoms. The molecule has 0 bridgehead atoms. The van der Waals surface area contributed by atoms with Crippen molar-refractivity contribution in [3.05, 3.63) is 59.7 Å². The van der Waals surface area contributed by atoms with E-state index in [0.29, 0.717) is 0 Å². The van der Waals surface area contributed by atoms with E-state index >= 15 is 0 Å². The third kappa shape index (κ3) is 6.24. The number of ether oxygens (including phenoxy) is 2. The van der Waals surface area contributed by atoms with Crippen molar-refractivity contribution < 1.29 is 9.47 Å². The van der Waals surface area contributed by atoms with Gasteiger partial charge in [-0.15, -0.1) is 0 Å². The van der Waals surface area contributed by atoms with Crippen LogP contribution in [0, 0.1) is 11.3 Å². The normalized spacial score (nSPS) is 13.0. The second kappa shape index (κ2) is 11.5. The molecule has 0 aliphatic heterocycles. The summed E-state index contributed by atoms with van der Waals surface area (Å²) in [6.45, 7) is 4.10. The Labute approximate surface area is 176 Å². The number of nitriles is 1. The van der Waals surface area contributed by atoms with Crippen LogP contribution in [0.15, 0.2) is 48.5 Å². The van der Waals surface area contributed by atoms with Crippen LogP contribution in [-0.2, 0) is 11.8 Å². The minimum atomic E-state index is -0.375. The van der Waals surface area contributed by atoms with E-state index in [1.165, 1.54) is 5.56 Å². The molecule has 2 aromatic carbocycles. The van der Waals surface area contributed by atoms with Gasteiger partial charge in [-0.2, -0.15) is 5.26 Å². The van der Waals surface area contributed by atoms with Gasteiger partial charge in [0.05, 0.1) is 25.7 Å². The molecular weight excluding hydrogens is 360 g/mol. The topological polar surface area (TPSA) is 45.5 Å². The van der Waals surface area contributed by atoms with Gasteiger partial charge in [-0.05, 0) is 62.5 Å². The highest BCUT2D eigenvalue weighted by Gasteiger charge is 2.30. The fourth-order valence-electron chi connectivity index (χ4n) is 3.89. The van der Waals surface area contributed by atoms with Crippen LogP contribution in [0.1, 0.15) is 43.7 Å². The van der Waals surface area contributed by atoms with Gasteiger partial charge in [-0.1, -0.05) is 49.7 Å². The van der Waals surface area contributed by atoms with Crippen molar-refractivity contribution >= 4 is 0 Å². The Morgan fingerprint density at radius 1 is 0.966 bits per heavy atom. The predicted octanol–water partition coefficient (Wildman–Crippen LogP) is 5.22. The molecule has 2 aromatic rings. The largest absolute Gasteiger partial charge is 0.493 e. The molecule has 0 aromatic heterocycles. The van der Waals surface area contributed by atoms with Crippen molar-refractivity contribution in [2.75, 3.05) is 34.4 Å². The standard InChI is InChI=1S/C25H34N2O2/c1-5-15-25(20-26,22-10-7-6-8-11-22)16-9-17-27(2)18-14-21-12-13-23(28-3)24(19-21)29-4/h6-8,10-13,19H,5,9,14-18H2,1-4H3. The van der Waals surface area contributed by atoms with Gasteiger partial charge in [0.25, 0.3) is 0 Å². The highest BCUT2D eigenvalue weighted by molar-refractivity contribution is 5.43. The van der Waals surface area contributed by atoms with Gasteiger partial charge in [0, 0.05) is 6.54 Å². The molecular formula is C25H34N2O2. The summed E-state index contributed by atoms with van der Waals surface area (Å²) in [6.07, 6.45) is 4.77. The van der Waals surface area contributed by atoms with E-state index in [1.807, 2.05) is 30.3 Å². The number of benzene rings is 2. The Morgan fingerprint density at radius 3 is 2.31 bits per heavy atom. The maximum Gasteiger partial charge on any atom is 0.160 e. The lowest BCUT2D eigenvalue weighted by molar-refractivity contribution is 0.311. The first-order valence-corrected chi connectivity index (χ1v) is 10.4. The zero-order valence-corrected chi connectivity index (χ0v) is 18.3. The van der Waals surface area contributed by atoms with Crippen molar-refractivity contribution in [1.82, 2.24) is 4.90 Å². The van der Waals surface area contributed by atoms with Gasteiger partial charge in [0.2, 0.25) is 0 Å². The highest BCUT2D eigenvalue weighted by Crippen LogP contribution is 2.34. The average molecular weight is 395 g/mol. The van der Waals surface area contributed by atoms with Crippen molar-refractivity contribution in [3.8, 4) is 17.6 Å². The molecule has 4 nitrogen and oxygen atoms in total. The van der Waals surface area contributed by atoms with Gasteiger partial charge < -0.3 is 14.4 Å². The second-order valence-corrected chi connectivity index (χ2v) is 7.66. The molecule has 156 valence electrons. The lowest BCUT2D eigenvalue weighted by atomic mass is 9.74. The Bertz CT molecular complexity index is 785. The number of hydrogen-bond donors (Lipinski definition) is 0. The minimum absolute atomic E-state index is 0.375. The predicted molar refractivity (Wildman–Crippen MR) is 119 cm³/mol. The first kappa shape index (κ1) is 22.8. The maximum absolute atomic E-state index is 9.98. The van der Waals surface area contributed by atoms with Gasteiger partial charge in [-0.25, -0.2) is 0 Å². The molecule has 0 spiro atoms. The van der Waals surface area contributed by atoms with Gasteiger partial charge in [0.15, 0.2) is 11.5 Å². The molecule has 0 N–H and O–H groups in total. The number of likely N-dealkylation sites (N-methyl/N-ethyl adjacent to an activating group) is 1. The summed E-state index contributed by atoms with van der Waals surface area (Å²) < 4.78 is 10.7. The minimum Gasteiger partial charge on any atom is -0.493 e. The SMILES string of the molecule is CCCC(C#N)(CCCN(C)CCc1ccc(OC)c(OC)c1)c1ccccc1. The number of methoxy groups -OCH3 is 2. The first-order valence-electron chi connectivity index (χ1n) is 10.4.